The van der Waals surface area contributed by atoms with E-state index in [0.29, 0.717) is 31.3 Å². The van der Waals surface area contributed by atoms with Gasteiger partial charge in [-0.3, -0.25) is 14.6 Å². The quantitative estimate of drug-likeness (QED) is 0.659. The predicted octanol–water partition coefficient (Wildman–Crippen LogP) is 1.10. The van der Waals surface area contributed by atoms with E-state index in [4.69, 9.17) is 9.26 Å². The van der Waals surface area contributed by atoms with Crippen molar-refractivity contribution in [2.24, 2.45) is 11.8 Å². The molecule has 4 atom stereocenters. The van der Waals surface area contributed by atoms with Gasteiger partial charge in [0.15, 0.2) is 5.82 Å². The standard InChI is InChI=1S/C21H23N5O4/c1-3-25(11-16-23-13(2)24-30-16)19(27)17-15-6-7-21(29-15)12-26(20(28)18(17)21)10-14-5-4-8-22-9-14/h4-9,15,17-18H,3,10-12H2,1-2H3/t15-,17+,18-,21-/m0/s1. The first-order chi connectivity index (χ1) is 14.5. The van der Waals surface area contributed by atoms with E-state index in [-0.39, 0.29) is 24.5 Å². The average Bonchev–Trinajstić information content (AvgIpc) is 3.48. The summed E-state index contributed by atoms with van der Waals surface area (Å²) in [6.45, 7) is 5.21. The first kappa shape index (κ1) is 18.9. The van der Waals surface area contributed by atoms with Crippen LogP contribution >= 0.6 is 0 Å². The third kappa shape index (κ3) is 2.92. The molecule has 9 heteroatoms. The molecule has 2 aromatic rings. The monoisotopic (exact) mass is 409 g/mol. The molecule has 2 bridgehead atoms. The van der Waals surface area contributed by atoms with E-state index in [2.05, 4.69) is 15.1 Å². The summed E-state index contributed by atoms with van der Waals surface area (Å²) < 4.78 is 11.4. The van der Waals surface area contributed by atoms with Crippen molar-refractivity contribution in [2.45, 2.75) is 38.6 Å². The molecule has 5 rings (SSSR count). The Bertz CT molecular complexity index is 1010. The lowest BCUT2D eigenvalue weighted by Crippen LogP contribution is -2.45. The van der Waals surface area contributed by atoms with Gasteiger partial charge in [-0.2, -0.15) is 4.98 Å². The second-order valence-corrected chi connectivity index (χ2v) is 8.04. The van der Waals surface area contributed by atoms with Crippen LogP contribution in [0.2, 0.25) is 0 Å². The molecule has 0 unspecified atom stereocenters. The highest BCUT2D eigenvalue weighted by molar-refractivity contribution is 5.93. The summed E-state index contributed by atoms with van der Waals surface area (Å²) in [5.41, 5.74) is 0.218. The Labute approximate surface area is 173 Å². The summed E-state index contributed by atoms with van der Waals surface area (Å²) >= 11 is 0. The van der Waals surface area contributed by atoms with Crippen LogP contribution in [0.3, 0.4) is 0 Å². The van der Waals surface area contributed by atoms with E-state index in [1.54, 1.807) is 29.1 Å². The van der Waals surface area contributed by atoms with Crippen molar-refractivity contribution in [3.05, 3.63) is 54.0 Å². The van der Waals surface area contributed by atoms with Crippen molar-refractivity contribution in [1.82, 2.24) is 24.9 Å². The van der Waals surface area contributed by atoms with Crippen LogP contribution in [0.15, 0.2) is 41.2 Å². The van der Waals surface area contributed by atoms with E-state index in [1.807, 2.05) is 31.2 Å². The van der Waals surface area contributed by atoms with Crippen LogP contribution in [0.5, 0.6) is 0 Å². The van der Waals surface area contributed by atoms with Gasteiger partial charge in [0.05, 0.1) is 31.0 Å². The number of aromatic nitrogens is 3. The molecular weight excluding hydrogens is 386 g/mol. The molecule has 2 amide bonds. The van der Waals surface area contributed by atoms with E-state index in [1.165, 1.54) is 0 Å². The molecule has 2 saturated heterocycles. The summed E-state index contributed by atoms with van der Waals surface area (Å²) in [5, 5.41) is 3.79. The Morgan fingerprint density at radius 2 is 2.30 bits per heavy atom. The second kappa shape index (κ2) is 7.02. The zero-order chi connectivity index (χ0) is 20.9. The minimum atomic E-state index is -0.731. The molecule has 2 fully saturated rings. The number of carbonyl (C=O) groups excluding carboxylic acids is 2. The average molecular weight is 409 g/mol. The van der Waals surface area contributed by atoms with E-state index >= 15 is 0 Å². The Morgan fingerprint density at radius 3 is 3.00 bits per heavy atom. The van der Waals surface area contributed by atoms with Gasteiger partial charge in [0.25, 0.3) is 0 Å². The molecule has 3 aliphatic heterocycles. The van der Waals surface area contributed by atoms with Crippen molar-refractivity contribution in [2.75, 3.05) is 13.1 Å². The number of fused-ring (bicyclic) bond motifs is 1. The summed E-state index contributed by atoms with van der Waals surface area (Å²) in [6, 6.07) is 3.79. The highest BCUT2D eigenvalue weighted by Gasteiger charge is 2.67. The lowest BCUT2D eigenvalue weighted by molar-refractivity contribution is -0.144. The van der Waals surface area contributed by atoms with Crippen LogP contribution < -0.4 is 0 Å². The van der Waals surface area contributed by atoms with E-state index in [0.717, 1.165) is 5.56 Å². The minimum absolute atomic E-state index is 0.0475. The molecule has 3 aliphatic rings. The van der Waals surface area contributed by atoms with Gasteiger partial charge in [0.2, 0.25) is 17.7 Å². The number of ether oxygens (including phenoxy) is 1. The van der Waals surface area contributed by atoms with Gasteiger partial charge in [-0.1, -0.05) is 23.4 Å². The molecule has 1 spiro atoms. The zero-order valence-corrected chi connectivity index (χ0v) is 16.9. The Hall–Kier alpha value is -3.07. The number of hydrogen-bond donors (Lipinski definition) is 0. The summed E-state index contributed by atoms with van der Waals surface area (Å²) in [5.74, 6) is -0.330. The number of rotatable bonds is 6. The normalized spacial score (nSPS) is 28.9. The third-order valence-corrected chi connectivity index (χ3v) is 6.15. The zero-order valence-electron chi connectivity index (χ0n) is 16.9. The van der Waals surface area contributed by atoms with Crippen molar-refractivity contribution in [3.8, 4) is 0 Å². The molecule has 0 N–H and O–H groups in total. The molecule has 156 valence electrons. The van der Waals surface area contributed by atoms with Crippen LogP contribution in [0.25, 0.3) is 0 Å². The number of amides is 2. The lowest BCUT2D eigenvalue weighted by Gasteiger charge is -2.28. The number of likely N-dealkylation sites (tertiary alicyclic amines) is 1. The summed E-state index contributed by atoms with van der Waals surface area (Å²) in [7, 11) is 0. The molecule has 5 heterocycles. The fourth-order valence-electron chi connectivity index (χ4n) is 4.83. The molecule has 2 aromatic heterocycles. The van der Waals surface area contributed by atoms with E-state index < -0.39 is 17.4 Å². The predicted molar refractivity (Wildman–Crippen MR) is 104 cm³/mol. The number of nitrogens with zero attached hydrogens (tertiary/aromatic N) is 5. The minimum Gasteiger partial charge on any atom is -0.360 e. The largest absolute Gasteiger partial charge is 0.360 e. The maximum atomic E-state index is 13.5. The Kier molecular flexibility index (Phi) is 4.43. The Balaban J connectivity index is 1.38. The molecule has 0 saturated carbocycles. The summed E-state index contributed by atoms with van der Waals surface area (Å²) in [4.78, 5) is 38.6. The summed E-state index contributed by atoms with van der Waals surface area (Å²) in [6.07, 6.45) is 6.96. The SMILES string of the molecule is CCN(Cc1nc(C)no1)C(=O)[C@@H]1[C@@H]2C=C[C@@]3(CN(Cc4cccnc4)C(=O)[C@H]13)O2. The second-order valence-electron chi connectivity index (χ2n) is 8.04. The van der Waals surface area contributed by atoms with Gasteiger partial charge >= 0.3 is 0 Å². The van der Waals surface area contributed by atoms with Crippen LogP contribution in [0.1, 0.15) is 24.2 Å². The first-order valence-electron chi connectivity index (χ1n) is 10.1. The number of carbonyl (C=O) groups is 2. The van der Waals surface area contributed by atoms with Crippen LogP contribution in [-0.4, -0.2) is 61.5 Å². The third-order valence-electron chi connectivity index (χ3n) is 6.15. The van der Waals surface area contributed by atoms with Gasteiger partial charge in [-0.25, -0.2) is 0 Å². The molecular formula is C21H23N5O4. The van der Waals surface area contributed by atoms with Gasteiger partial charge in [0.1, 0.15) is 5.60 Å². The van der Waals surface area contributed by atoms with E-state index in [9.17, 15) is 9.59 Å². The first-order valence-corrected chi connectivity index (χ1v) is 10.1. The van der Waals surface area contributed by atoms with Crippen LogP contribution in [0.4, 0.5) is 0 Å². The van der Waals surface area contributed by atoms with Gasteiger partial charge in [-0.15, -0.1) is 0 Å². The highest BCUT2D eigenvalue weighted by atomic mass is 16.5. The Morgan fingerprint density at radius 1 is 1.43 bits per heavy atom. The van der Waals surface area contributed by atoms with Gasteiger partial charge in [-0.05, 0) is 25.5 Å². The van der Waals surface area contributed by atoms with Gasteiger partial charge < -0.3 is 19.1 Å². The van der Waals surface area contributed by atoms with Crippen molar-refractivity contribution >= 4 is 11.8 Å². The molecule has 9 nitrogen and oxygen atoms in total. The topological polar surface area (TPSA) is 102 Å². The highest BCUT2D eigenvalue weighted by Crippen LogP contribution is 2.52. The number of aryl methyl sites for hydroxylation is 1. The lowest BCUT2D eigenvalue weighted by atomic mass is 9.76. The van der Waals surface area contributed by atoms with Gasteiger partial charge in [0, 0.05) is 25.5 Å². The van der Waals surface area contributed by atoms with Crippen LogP contribution in [0, 0.1) is 18.8 Å². The number of hydrogen-bond acceptors (Lipinski definition) is 7. The van der Waals surface area contributed by atoms with Crippen molar-refractivity contribution in [3.63, 3.8) is 0 Å². The molecule has 0 aromatic carbocycles. The fourth-order valence-corrected chi connectivity index (χ4v) is 4.83. The molecule has 30 heavy (non-hydrogen) atoms. The van der Waals surface area contributed by atoms with Crippen LogP contribution in [-0.2, 0) is 27.4 Å². The maximum absolute atomic E-state index is 13.5. The van der Waals surface area contributed by atoms with Crippen molar-refractivity contribution in [1.29, 1.82) is 0 Å². The molecule has 0 radical (unpaired) electrons. The molecule has 0 aliphatic carbocycles. The smallest absolute Gasteiger partial charge is 0.246 e. The maximum Gasteiger partial charge on any atom is 0.246 e. The number of pyridine rings is 1. The fraction of sp³-hybridized carbons (Fsp3) is 0.476. The van der Waals surface area contributed by atoms with Crippen molar-refractivity contribution < 1.29 is 18.8 Å².